The average Bonchev–Trinajstić information content (AvgIpc) is 3.03. The van der Waals surface area contributed by atoms with Crippen LogP contribution in [0.2, 0.25) is 5.02 Å². The second-order valence-electron chi connectivity index (χ2n) is 6.50. The maximum Gasteiger partial charge on any atom is 0.189 e. The highest BCUT2D eigenvalue weighted by Crippen LogP contribution is 2.30. The maximum atomic E-state index is 6.30. The number of halogens is 2. The predicted molar refractivity (Wildman–Crippen MR) is 118 cm³/mol. The number of benzene rings is 1. The van der Waals surface area contributed by atoms with Crippen molar-refractivity contribution in [1.29, 1.82) is 0 Å². The summed E-state index contributed by atoms with van der Waals surface area (Å²) in [5.41, 5.74) is 0.987. The summed E-state index contributed by atoms with van der Waals surface area (Å²) in [6.07, 6.45) is 1.78. The smallest absolute Gasteiger partial charge is 0.189 e. The molecule has 140 valence electrons. The van der Waals surface area contributed by atoms with Crippen LogP contribution in [0.3, 0.4) is 0 Å². The highest BCUT2D eigenvalue weighted by atomic mass is 79.9. The third-order valence-electron chi connectivity index (χ3n) is 4.61. The van der Waals surface area contributed by atoms with Crippen molar-refractivity contribution in [2.75, 3.05) is 29.9 Å². The molecule has 2 aromatic heterocycles. The SMILES string of the molecule is C=C(Nc1nc2ccc(Br)cc2s1)N1CCN(c2ncccc2Cl)C[C@H]1C. The van der Waals surface area contributed by atoms with Gasteiger partial charge in [-0.15, -0.1) is 0 Å². The Balaban J connectivity index is 1.44. The Hall–Kier alpha value is -1.83. The summed E-state index contributed by atoms with van der Waals surface area (Å²) in [6.45, 7) is 8.95. The van der Waals surface area contributed by atoms with E-state index in [1.54, 1.807) is 17.5 Å². The number of aromatic nitrogens is 2. The highest BCUT2D eigenvalue weighted by molar-refractivity contribution is 9.10. The van der Waals surface area contributed by atoms with Gasteiger partial charge in [0.05, 0.1) is 15.2 Å². The minimum absolute atomic E-state index is 0.278. The lowest BCUT2D eigenvalue weighted by atomic mass is 10.2. The standard InChI is InChI=1S/C19H19BrClN5S/c1-12-11-25(18-15(21)4-3-7-22-18)8-9-26(12)13(2)23-19-24-16-6-5-14(20)10-17(16)27-19/h3-7,10,12H,2,8-9,11H2,1H3,(H,23,24)/t12-/m1/s1. The second-order valence-corrected chi connectivity index (χ2v) is 8.85. The third kappa shape index (κ3) is 3.90. The minimum atomic E-state index is 0.278. The van der Waals surface area contributed by atoms with Crippen LogP contribution in [-0.4, -0.2) is 40.5 Å². The molecule has 0 aliphatic carbocycles. The van der Waals surface area contributed by atoms with Crippen LogP contribution in [0.4, 0.5) is 10.9 Å². The number of pyridine rings is 1. The Labute approximate surface area is 175 Å². The number of hydrogen-bond donors (Lipinski definition) is 1. The molecular weight excluding hydrogens is 446 g/mol. The minimum Gasteiger partial charge on any atom is -0.352 e. The summed E-state index contributed by atoms with van der Waals surface area (Å²) in [5.74, 6) is 1.72. The molecule has 1 saturated heterocycles. The number of nitrogens with zero attached hydrogens (tertiary/aromatic N) is 4. The molecule has 1 aromatic carbocycles. The van der Waals surface area contributed by atoms with Gasteiger partial charge in [0.1, 0.15) is 11.6 Å². The van der Waals surface area contributed by atoms with Crippen LogP contribution in [0.5, 0.6) is 0 Å². The quantitative estimate of drug-likeness (QED) is 0.575. The van der Waals surface area contributed by atoms with E-state index in [0.29, 0.717) is 5.02 Å². The summed E-state index contributed by atoms with van der Waals surface area (Å²) < 4.78 is 2.20. The Morgan fingerprint density at radius 2 is 2.22 bits per heavy atom. The van der Waals surface area contributed by atoms with E-state index in [4.69, 9.17) is 11.6 Å². The van der Waals surface area contributed by atoms with Gasteiger partial charge in [-0.2, -0.15) is 0 Å². The van der Waals surface area contributed by atoms with Gasteiger partial charge >= 0.3 is 0 Å². The van der Waals surface area contributed by atoms with Gasteiger partial charge < -0.3 is 15.1 Å². The van der Waals surface area contributed by atoms with Crippen molar-refractivity contribution in [1.82, 2.24) is 14.9 Å². The van der Waals surface area contributed by atoms with Crippen LogP contribution in [0.25, 0.3) is 10.2 Å². The summed E-state index contributed by atoms with van der Waals surface area (Å²) in [5, 5.41) is 4.93. The Morgan fingerprint density at radius 1 is 1.37 bits per heavy atom. The molecule has 4 rings (SSSR count). The fourth-order valence-corrected chi connectivity index (χ4v) is 4.99. The van der Waals surface area contributed by atoms with Crippen LogP contribution >= 0.6 is 38.9 Å². The molecule has 0 saturated carbocycles. The molecule has 27 heavy (non-hydrogen) atoms. The van der Waals surface area contributed by atoms with Crippen molar-refractivity contribution in [3.05, 3.63) is 58.4 Å². The second kappa shape index (κ2) is 7.66. The largest absolute Gasteiger partial charge is 0.352 e. The molecule has 1 aliphatic heterocycles. The van der Waals surface area contributed by atoms with Gasteiger partial charge in [0.2, 0.25) is 0 Å². The topological polar surface area (TPSA) is 44.3 Å². The fourth-order valence-electron chi connectivity index (χ4n) is 3.31. The summed E-state index contributed by atoms with van der Waals surface area (Å²) in [6, 6.07) is 10.1. The lowest BCUT2D eigenvalue weighted by molar-refractivity contribution is 0.246. The molecule has 1 N–H and O–H groups in total. The van der Waals surface area contributed by atoms with Crippen LogP contribution in [0.15, 0.2) is 53.4 Å². The van der Waals surface area contributed by atoms with Crippen molar-refractivity contribution < 1.29 is 0 Å². The van der Waals surface area contributed by atoms with Gasteiger partial charge in [0.15, 0.2) is 5.13 Å². The molecule has 0 radical (unpaired) electrons. The van der Waals surface area contributed by atoms with E-state index >= 15 is 0 Å². The highest BCUT2D eigenvalue weighted by Gasteiger charge is 2.26. The van der Waals surface area contributed by atoms with Crippen LogP contribution < -0.4 is 10.2 Å². The first-order chi connectivity index (χ1) is 13.0. The van der Waals surface area contributed by atoms with Crippen molar-refractivity contribution >= 4 is 60.0 Å². The zero-order valence-corrected chi connectivity index (χ0v) is 18.0. The molecule has 8 heteroatoms. The number of hydrogen-bond acceptors (Lipinski definition) is 6. The summed E-state index contributed by atoms with van der Waals surface area (Å²) in [7, 11) is 0. The molecule has 1 atom stereocenters. The molecule has 0 unspecified atom stereocenters. The van der Waals surface area contributed by atoms with Gasteiger partial charge in [0, 0.05) is 36.3 Å². The van der Waals surface area contributed by atoms with Gasteiger partial charge in [-0.3, -0.25) is 0 Å². The van der Waals surface area contributed by atoms with E-state index in [2.05, 4.69) is 60.6 Å². The van der Waals surface area contributed by atoms with E-state index in [1.165, 1.54) is 0 Å². The van der Waals surface area contributed by atoms with E-state index in [9.17, 15) is 0 Å². The van der Waals surface area contributed by atoms with Crippen molar-refractivity contribution in [3.63, 3.8) is 0 Å². The number of piperazine rings is 1. The van der Waals surface area contributed by atoms with E-state index in [1.807, 2.05) is 24.3 Å². The Morgan fingerprint density at radius 3 is 3.00 bits per heavy atom. The summed E-state index contributed by atoms with van der Waals surface area (Å²) in [4.78, 5) is 13.6. The van der Waals surface area contributed by atoms with Crippen LogP contribution in [0, 0.1) is 0 Å². The number of rotatable bonds is 4. The molecular formula is C19H19BrClN5S. The monoisotopic (exact) mass is 463 g/mol. The molecule has 3 aromatic rings. The summed E-state index contributed by atoms with van der Waals surface area (Å²) >= 11 is 11.4. The lowest BCUT2D eigenvalue weighted by Crippen LogP contribution is -2.52. The Bertz CT molecular complexity index is 991. The molecule has 3 heterocycles. The zero-order chi connectivity index (χ0) is 19.0. The van der Waals surface area contributed by atoms with Gasteiger partial charge in [0.25, 0.3) is 0 Å². The first kappa shape index (κ1) is 18.5. The van der Waals surface area contributed by atoms with Crippen LogP contribution in [-0.2, 0) is 0 Å². The van der Waals surface area contributed by atoms with Crippen molar-refractivity contribution in [3.8, 4) is 0 Å². The maximum absolute atomic E-state index is 6.30. The average molecular weight is 465 g/mol. The van der Waals surface area contributed by atoms with Crippen molar-refractivity contribution in [2.24, 2.45) is 0 Å². The fraction of sp³-hybridized carbons (Fsp3) is 0.263. The third-order valence-corrected chi connectivity index (χ3v) is 6.34. The molecule has 0 bridgehead atoms. The normalized spacial score (nSPS) is 17.4. The molecule has 1 aliphatic rings. The molecule has 0 amide bonds. The predicted octanol–water partition coefficient (Wildman–Crippen LogP) is 5.20. The number of fused-ring (bicyclic) bond motifs is 1. The van der Waals surface area contributed by atoms with Gasteiger partial charge in [-0.25, -0.2) is 9.97 Å². The van der Waals surface area contributed by atoms with E-state index < -0.39 is 0 Å². The Kier molecular flexibility index (Phi) is 5.25. The number of anilines is 2. The van der Waals surface area contributed by atoms with Crippen LogP contribution in [0.1, 0.15) is 6.92 Å². The first-order valence-electron chi connectivity index (χ1n) is 8.65. The molecule has 5 nitrogen and oxygen atoms in total. The zero-order valence-electron chi connectivity index (χ0n) is 14.8. The van der Waals surface area contributed by atoms with Gasteiger partial charge in [-0.1, -0.05) is 45.4 Å². The van der Waals surface area contributed by atoms with E-state index in [0.717, 1.165) is 51.1 Å². The van der Waals surface area contributed by atoms with Gasteiger partial charge in [-0.05, 0) is 37.3 Å². The first-order valence-corrected chi connectivity index (χ1v) is 10.6. The van der Waals surface area contributed by atoms with E-state index in [-0.39, 0.29) is 6.04 Å². The number of nitrogens with one attached hydrogen (secondary N) is 1. The molecule has 1 fully saturated rings. The van der Waals surface area contributed by atoms with Crippen molar-refractivity contribution in [2.45, 2.75) is 13.0 Å². The molecule has 0 spiro atoms. The number of thiazole rings is 1. The lowest BCUT2D eigenvalue weighted by Gasteiger charge is -2.42.